The number of alkyl halides is 3. The molecule has 0 spiro atoms. The van der Waals surface area contributed by atoms with Crippen LogP contribution in [0.1, 0.15) is 66.9 Å². The van der Waals surface area contributed by atoms with E-state index in [0.717, 1.165) is 51.0 Å². The topological polar surface area (TPSA) is 49.8 Å². The van der Waals surface area contributed by atoms with Crippen LogP contribution in [-0.4, -0.2) is 41.3 Å². The number of halogens is 3. The van der Waals surface area contributed by atoms with Crippen LogP contribution in [0.25, 0.3) is 0 Å². The molecule has 4 rings (SSSR count). The second-order valence-electron chi connectivity index (χ2n) is 9.39. The molecule has 2 saturated carbocycles. The van der Waals surface area contributed by atoms with E-state index in [1.54, 1.807) is 7.11 Å². The lowest BCUT2D eigenvalue weighted by molar-refractivity contribution is -0.258. The van der Waals surface area contributed by atoms with Gasteiger partial charge in [0, 0.05) is 24.8 Å². The number of methoxy groups -OCH3 is 1. The minimum absolute atomic E-state index is 0.0648. The predicted octanol–water partition coefficient (Wildman–Crippen LogP) is 5.55. The maximum Gasteiger partial charge on any atom is 0.421 e. The first kappa shape index (κ1) is 23.8. The fraction of sp³-hybridized carbons (Fsp3) is 0.500. The summed E-state index contributed by atoms with van der Waals surface area (Å²) in [5.41, 5.74) is -2.12. The van der Waals surface area contributed by atoms with E-state index in [1.165, 1.54) is 24.3 Å². The molecule has 7 heteroatoms. The molecular formula is C26H30F3NO3. The monoisotopic (exact) mass is 461 g/mol. The normalized spacial score (nSPS) is 25.3. The smallest absolute Gasteiger partial charge is 0.376 e. The molecule has 0 bridgehead atoms. The van der Waals surface area contributed by atoms with E-state index < -0.39 is 11.8 Å². The van der Waals surface area contributed by atoms with Crippen molar-refractivity contribution in [3.63, 3.8) is 0 Å². The number of amides is 1. The summed E-state index contributed by atoms with van der Waals surface area (Å²) in [6.45, 7) is 0.719. The third-order valence-corrected chi connectivity index (χ3v) is 7.27. The molecule has 4 nitrogen and oxygen atoms in total. The van der Waals surface area contributed by atoms with Crippen molar-refractivity contribution < 1.29 is 27.8 Å². The minimum atomic E-state index is -4.80. The lowest BCUT2D eigenvalue weighted by Crippen LogP contribution is -2.47. The van der Waals surface area contributed by atoms with Crippen LogP contribution in [0.2, 0.25) is 0 Å². The van der Waals surface area contributed by atoms with Crippen LogP contribution < -0.4 is 0 Å². The number of ether oxygens (including phenoxy) is 1. The van der Waals surface area contributed by atoms with Gasteiger partial charge in [-0.15, -0.1) is 0 Å². The second-order valence-corrected chi connectivity index (χ2v) is 9.39. The number of rotatable bonds is 6. The Balaban J connectivity index is 1.50. The molecule has 2 aromatic carbocycles. The molecule has 0 radical (unpaired) electrons. The molecule has 33 heavy (non-hydrogen) atoms. The molecule has 0 heterocycles. The summed E-state index contributed by atoms with van der Waals surface area (Å²) in [7, 11) is 1.73. The highest BCUT2D eigenvalue weighted by Gasteiger charge is 2.51. The van der Waals surface area contributed by atoms with Crippen molar-refractivity contribution in [1.82, 2.24) is 4.90 Å². The van der Waals surface area contributed by atoms with Crippen LogP contribution in [-0.2, 0) is 15.9 Å². The molecule has 1 amide bonds. The third kappa shape index (κ3) is 4.53. The Kier molecular flexibility index (Phi) is 6.31. The minimum Gasteiger partial charge on any atom is -0.376 e. The van der Waals surface area contributed by atoms with E-state index in [4.69, 9.17) is 4.74 Å². The zero-order valence-corrected chi connectivity index (χ0v) is 18.9. The fourth-order valence-electron chi connectivity index (χ4n) is 4.93. The Morgan fingerprint density at radius 2 is 1.52 bits per heavy atom. The number of hydrogen-bond acceptors (Lipinski definition) is 3. The highest BCUT2D eigenvalue weighted by atomic mass is 19.4. The van der Waals surface area contributed by atoms with Crippen LogP contribution >= 0.6 is 0 Å². The second kappa shape index (κ2) is 8.76. The quantitative estimate of drug-likeness (QED) is 0.614. The average Bonchev–Trinajstić information content (AvgIpc) is 3.65. The molecule has 1 atom stereocenters. The number of benzene rings is 2. The number of carbonyl (C=O) groups excluding carboxylic acids is 1. The summed E-state index contributed by atoms with van der Waals surface area (Å²) in [6, 6.07) is 15.5. The molecule has 0 saturated heterocycles. The molecule has 0 aromatic heterocycles. The van der Waals surface area contributed by atoms with Gasteiger partial charge in [-0.3, -0.25) is 4.79 Å². The largest absolute Gasteiger partial charge is 0.421 e. The summed E-state index contributed by atoms with van der Waals surface area (Å²) in [5.74, 6) is -0.162. The number of hydrogen-bond donors (Lipinski definition) is 1. The molecule has 2 aliphatic carbocycles. The van der Waals surface area contributed by atoms with Crippen molar-refractivity contribution in [2.24, 2.45) is 0 Å². The van der Waals surface area contributed by atoms with Gasteiger partial charge in [-0.05, 0) is 68.7 Å². The van der Waals surface area contributed by atoms with E-state index in [-0.39, 0.29) is 29.2 Å². The maximum absolute atomic E-state index is 13.4. The van der Waals surface area contributed by atoms with Gasteiger partial charge >= 0.3 is 6.18 Å². The van der Waals surface area contributed by atoms with Crippen LogP contribution in [0.5, 0.6) is 0 Å². The van der Waals surface area contributed by atoms with Crippen LogP contribution in [0.15, 0.2) is 54.6 Å². The van der Waals surface area contributed by atoms with Gasteiger partial charge < -0.3 is 14.7 Å². The van der Waals surface area contributed by atoms with Crippen molar-refractivity contribution in [3.05, 3.63) is 71.3 Å². The predicted molar refractivity (Wildman–Crippen MR) is 119 cm³/mol. The summed E-state index contributed by atoms with van der Waals surface area (Å²) >= 11 is 0. The molecular weight excluding hydrogens is 431 g/mol. The standard InChI is InChI=1S/C26H30F3NO3/c1-24(32,26(27,28)29)19-10-8-18(9-11-19)23(31)30(21-12-13-21)22-14-16-25(33-2,17-15-22)20-6-4-3-5-7-20/h3-11,21-22,32H,12-17H2,1-2H3/t22-,24-,25+/m0/s1. The zero-order chi connectivity index (χ0) is 23.9. The van der Waals surface area contributed by atoms with E-state index in [2.05, 4.69) is 12.1 Å². The maximum atomic E-state index is 13.4. The first-order valence-corrected chi connectivity index (χ1v) is 11.4. The van der Waals surface area contributed by atoms with Gasteiger partial charge in [-0.1, -0.05) is 42.5 Å². The van der Waals surface area contributed by atoms with Gasteiger partial charge in [0.1, 0.15) is 0 Å². The van der Waals surface area contributed by atoms with Crippen molar-refractivity contribution in [2.75, 3.05) is 7.11 Å². The third-order valence-electron chi connectivity index (χ3n) is 7.27. The highest BCUT2D eigenvalue weighted by Crippen LogP contribution is 2.44. The lowest BCUT2D eigenvalue weighted by Gasteiger charge is -2.43. The molecule has 0 aliphatic heterocycles. The van der Waals surface area contributed by atoms with Crippen molar-refractivity contribution in [1.29, 1.82) is 0 Å². The molecule has 2 fully saturated rings. The van der Waals surface area contributed by atoms with Crippen molar-refractivity contribution >= 4 is 5.91 Å². The van der Waals surface area contributed by atoms with Gasteiger partial charge in [0.25, 0.3) is 5.91 Å². The SMILES string of the molecule is CO[C@]1(c2ccccc2)CC[C@H](N(C(=O)c2ccc([C@](C)(O)C(F)(F)F)cc2)C2CC2)CC1. The summed E-state index contributed by atoms with van der Waals surface area (Å²) < 4.78 is 45.4. The number of carbonyl (C=O) groups is 1. The Bertz CT molecular complexity index is 961. The van der Waals surface area contributed by atoms with E-state index in [9.17, 15) is 23.1 Å². The van der Waals surface area contributed by atoms with Gasteiger partial charge in [-0.2, -0.15) is 13.2 Å². The molecule has 178 valence electrons. The van der Waals surface area contributed by atoms with Crippen LogP contribution in [0.4, 0.5) is 13.2 Å². The van der Waals surface area contributed by atoms with E-state index >= 15 is 0 Å². The van der Waals surface area contributed by atoms with Crippen LogP contribution in [0.3, 0.4) is 0 Å². The summed E-state index contributed by atoms with van der Waals surface area (Å²) in [6.07, 6.45) is 0.267. The summed E-state index contributed by atoms with van der Waals surface area (Å²) in [4.78, 5) is 15.3. The molecule has 2 aromatic rings. The van der Waals surface area contributed by atoms with Crippen LogP contribution in [0, 0.1) is 0 Å². The molecule has 0 unspecified atom stereocenters. The molecule has 1 N–H and O–H groups in total. The van der Waals surface area contributed by atoms with Gasteiger partial charge in [0.2, 0.25) is 0 Å². The Hall–Kier alpha value is -2.38. The summed E-state index contributed by atoms with van der Waals surface area (Å²) in [5, 5.41) is 9.90. The number of nitrogens with zero attached hydrogens (tertiary/aromatic N) is 1. The van der Waals surface area contributed by atoms with E-state index in [1.807, 2.05) is 23.1 Å². The van der Waals surface area contributed by atoms with Gasteiger partial charge in [0.05, 0.1) is 5.60 Å². The Morgan fingerprint density at radius 1 is 0.970 bits per heavy atom. The fourth-order valence-corrected chi connectivity index (χ4v) is 4.93. The first-order chi connectivity index (χ1) is 15.6. The average molecular weight is 462 g/mol. The van der Waals surface area contributed by atoms with E-state index in [0.29, 0.717) is 5.56 Å². The Morgan fingerprint density at radius 3 is 2.00 bits per heavy atom. The lowest BCUT2D eigenvalue weighted by atomic mass is 9.77. The number of aliphatic hydroxyl groups is 1. The first-order valence-electron chi connectivity index (χ1n) is 11.4. The highest BCUT2D eigenvalue weighted by molar-refractivity contribution is 5.95. The van der Waals surface area contributed by atoms with Gasteiger partial charge in [0.15, 0.2) is 5.60 Å². The Labute approximate surface area is 192 Å². The van der Waals surface area contributed by atoms with Gasteiger partial charge in [-0.25, -0.2) is 0 Å². The van der Waals surface area contributed by atoms with Crippen molar-refractivity contribution in [2.45, 2.75) is 74.9 Å². The molecule has 2 aliphatic rings. The van der Waals surface area contributed by atoms with Crippen molar-refractivity contribution in [3.8, 4) is 0 Å². The zero-order valence-electron chi connectivity index (χ0n) is 18.9.